The Labute approximate surface area is 183 Å². The standard InChI is InChI=1S/C20H20BrClN2O4S/c21-16-1-4-18(5-2-16)29(26,27)24-9-7-23(8-10-24)20(25)15-11-14-12-17(22)3-6-19(14)28-13-15/h1-6,12,15H,7-11,13H2. The lowest BCUT2D eigenvalue weighted by atomic mass is 9.95. The predicted octanol–water partition coefficient (Wildman–Crippen LogP) is 3.19. The average Bonchev–Trinajstić information content (AvgIpc) is 2.73. The van der Waals surface area contributed by atoms with Crippen molar-refractivity contribution in [1.82, 2.24) is 9.21 Å². The van der Waals surface area contributed by atoms with Crippen molar-refractivity contribution >= 4 is 43.5 Å². The lowest BCUT2D eigenvalue weighted by Crippen LogP contribution is -2.52. The third-order valence-corrected chi connectivity index (χ3v) is 7.96. The number of piperazine rings is 1. The minimum Gasteiger partial charge on any atom is -0.492 e. The predicted molar refractivity (Wildman–Crippen MR) is 114 cm³/mol. The summed E-state index contributed by atoms with van der Waals surface area (Å²) in [5, 5.41) is 0.618. The summed E-state index contributed by atoms with van der Waals surface area (Å²) in [5.41, 5.74) is 0.929. The number of nitrogens with zero attached hydrogens (tertiary/aromatic N) is 2. The highest BCUT2D eigenvalue weighted by Crippen LogP contribution is 2.31. The number of amides is 1. The second-order valence-electron chi connectivity index (χ2n) is 7.15. The minimum atomic E-state index is -3.56. The van der Waals surface area contributed by atoms with Gasteiger partial charge in [0, 0.05) is 35.7 Å². The smallest absolute Gasteiger partial charge is 0.243 e. The van der Waals surface area contributed by atoms with Crippen LogP contribution in [0.5, 0.6) is 5.75 Å². The number of benzene rings is 2. The molecule has 1 unspecified atom stereocenters. The number of ether oxygens (including phenoxy) is 1. The van der Waals surface area contributed by atoms with E-state index in [0.717, 1.165) is 15.8 Å². The van der Waals surface area contributed by atoms with Gasteiger partial charge >= 0.3 is 0 Å². The first-order valence-electron chi connectivity index (χ1n) is 9.30. The van der Waals surface area contributed by atoms with Gasteiger partial charge in [-0.05, 0) is 54.4 Å². The van der Waals surface area contributed by atoms with E-state index in [-0.39, 0.29) is 29.8 Å². The van der Waals surface area contributed by atoms with Crippen LogP contribution in [0.4, 0.5) is 0 Å². The van der Waals surface area contributed by atoms with Crippen LogP contribution in [-0.4, -0.2) is 56.3 Å². The van der Waals surface area contributed by atoms with Gasteiger partial charge in [0.1, 0.15) is 12.4 Å². The molecule has 1 amide bonds. The van der Waals surface area contributed by atoms with Gasteiger partial charge in [-0.1, -0.05) is 27.5 Å². The molecule has 2 aliphatic heterocycles. The Kier molecular flexibility index (Phi) is 5.88. The molecular formula is C20H20BrClN2O4S. The number of halogens is 2. The first kappa shape index (κ1) is 20.7. The molecule has 1 saturated heterocycles. The molecule has 1 atom stereocenters. The molecule has 2 aromatic rings. The van der Waals surface area contributed by atoms with Gasteiger partial charge in [-0.15, -0.1) is 0 Å². The highest BCUT2D eigenvalue weighted by Gasteiger charge is 2.34. The number of carbonyl (C=O) groups is 1. The summed E-state index contributed by atoms with van der Waals surface area (Å²) in [7, 11) is -3.56. The van der Waals surface area contributed by atoms with Gasteiger partial charge in [0.15, 0.2) is 0 Å². The molecule has 154 valence electrons. The monoisotopic (exact) mass is 498 g/mol. The number of hydrogen-bond acceptors (Lipinski definition) is 4. The SMILES string of the molecule is O=C(C1COc2ccc(Cl)cc2C1)N1CCN(S(=O)(=O)c2ccc(Br)cc2)CC1. The molecule has 0 saturated carbocycles. The Morgan fingerprint density at radius 3 is 2.45 bits per heavy atom. The van der Waals surface area contributed by atoms with E-state index >= 15 is 0 Å². The maximum atomic E-state index is 13.0. The molecule has 4 rings (SSSR count). The Morgan fingerprint density at radius 1 is 1.07 bits per heavy atom. The van der Waals surface area contributed by atoms with Crippen molar-refractivity contribution in [3.63, 3.8) is 0 Å². The Morgan fingerprint density at radius 2 is 1.76 bits per heavy atom. The van der Waals surface area contributed by atoms with Crippen LogP contribution in [0.2, 0.25) is 5.02 Å². The second kappa shape index (κ2) is 8.26. The van der Waals surface area contributed by atoms with E-state index in [1.165, 1.54) is 4.31 Å². The maximum absolute atomic E-state index is 13.0. The van der Waals surface area contributed by atoms with Gasteiger partial charge in [0.2, 0.25) is 15.9 Å². The first-order chi connectivity index (χ1) is 13.8. The summed E-state index contributed by atoms with van der Waals surface area (Å²) in [6.07, 6.45) is 0.576. The van der Waals surface area contributed by atoms with Crippen LogP contribution < -0.4 is 4.74 Å². The molecule has 2 heterocycles. The summed E-state index contributed by atoms with van der Waals surface area (Å²) >= 11 is 9.37. The van der Waals surface area contributed by atoms with E-state index < -0.39 is 10.0 Å². The number of hydrogen-bond donors (Lipinski definition) is 0. The fraction of sp³-hybridized carbons (Fsp3) is 0.350. The molecule has 0 bridgehead atoms. The molecule has 0 aliphatic carbocycles. The third kappa shape index (κ3) is 4.30. The molecule has 9 heteroatoms. The van der Waals surface area contributed by atoms with Crippen molar-refractivity contribution in [3.05, 3.63) is 57.5 Å². The lowest BCUT2D eigenvalue weighted by Gasteiger charge is -2.36. The zero-order valence-electron chi connectivity index (χ0n) is 15.6. The number of carbonyl (C=O) groups excluding carboxylic acids is 1. The minimum absolute atomic E-state index is 0.00341. The van der Waals surface area contributed by atoms with Crippen LogP contribution >= 0.6 is 27.5 Å². The van der Waals surface area contributed by atoms with E-state index in [0.29, 0.717) is 31.1 Å². The van der Waals surface area contributed by atoms with Crippen molar-refractivity contribution < 1.29 is 17.9 Å². The molecular weight excluding hydrogens is 480 g/mol. The highest BCUT2D eigenvalue weighted by molar-refractivity contribution is 9.10. The van der Waals surface area contributed by atoms with Crippen LogP contribution in [0.25, 0.3) is 0 Å². The summed E-state index contributed by atoms with van der Waals surface area (Å²) in [5.74, 6) is 0.482. The third-order valence-electron chi connectivity index (χ3n) is 5.28. The van der Waals surface area contributed by atoms with Crippen LogP contribution in [0.3, 0.4) is 0 Å². The fourth-order valence-electron chi connectivity index (χ4n) is 3.68. The van der Waals surface area contributed by atoms with Crippen molar-refractivity contribution in [3.8, 4) is 5.75 Å². The molecule has 0 radical (unpaired) electrons. The normalized spacial score (nSPS) is 20.1. The quantitative estimate of drug-likeness (QED) is 0.651. The van der Waals surface area contributed by atoms with Gasteiger partial charge in [0.05, 0.1) is 10.8 Å². The van der Waals surface area contributed by atoms with Crippen molar-refractivity contribution in [2.45, 2.75) is 11.3 Å². The zero-order chi connectivity index (χ0) is 20.6. The highest BCUT2D eigenvalue weighted by atomic mass is 79.9. The first-order valence-corrected chi connectivity index (χ1v) is 11.9. The van der Waals surface area contributed by atoms with Crippen LogP contribution in [-0.2, 0) is 21.2 Å². The number of sulfonamides is 1. The van der Waals surface area contributed by atoms with Gasteiger partial charge in [-0.3, -0.25) is 4.79 Å². The van der Waals surface area contributed by atoms with Gasteiger partial charge in [0.25, 0.3) is 0 Å². The molecule has 29 heavy (non-hydrogen) atoms. The Balaban J connectivity index is 1.39. The lowest BCUT2D eigenvalue weighted by molar-refractivity contribution is -0.138. The summed E-state index contributed by atoms with van der Waals surface area (Å²) in [4.78, 5) is 14.9. The molecule has 0 N–H and O–H groups in total. The Bertz CT molecular complexity index is 1020. The van der Waals surface area contributed by atoms with Crippen LogP contribution in [0, 0.1) is 5.92 Å². The maximum Gasteiger partial charge on any atom is 0.243 e. The molecule has 0 spiro atoms. The molecule has 0 aromatic heterocycles. The van der Waals surface area contributed by atoms with Crippen molar-refractivity contribution in [1.29, 1.82) is 0 Å². The molecule has 6 nitrogen and oxygen atoms in total. The number of fused-ring (bicyclic) bond motifs is 1. The second-order valence-corrected chi connectivity index (χ2v) is 10.4. The summed E-state index contributed by atoms with van der Waals surface area (Å²) in [6.45, 7) is 1.62. The van der Waals surface area contributed by atoms with Gasteiger partial charge in [-0.25, -0.2) is 8.42 Å². The van der Waals surface area contributed by atoms with E-state index in [2.05, 4.69) is 15.9 Å². The largest absolute Gasteiger partial charge is 0.492 e. The van der Waals surface area contributed by atoms with E-state index in [9.17, 15) is 13.2 Å². The summed E-state index contributed by atoms with van der Waals surface area (Å²) < 4.78 is 33.6. The van der Waals surface area contributed by atoms with Gasteiger partial charge in [-0.2, -0.15) is 4.31 Å². The average molecular weight is 500 g/mol. The van der Waals surface area contributed by atoms with E-state index in [1.807, 2.05) is 12.1 Å². The van der Waals surface area contributed by atoms with E-state index in [1.54, 1.807) is 35.2 Å². The fourth-order valence-corrected chi connectivity index (χ4v) is 5.57. The van der Waals surface area contributed by atoms with Crippen LogP contribution in [0.1, 0.15) is 5.56 Å². The number of rotatable bonds is 3. The van der Waals surface area contributed by atoms with Crippen molar-refractivity contribution in [2.75, 3.05) is 32.8 Å². The van der Waals surface area contributed by atoms with Crippen LogP contribution in [0.15, 0.2) is 51.8 Å². The van der Waals surface area contributed by atoms with E-state index in [4.69, 9.17) is 16.3 Å². The molecule has 2 aromatic carbocycles. The summed E-state index contributed by atoms with van der Waals surface area (Å²) in [6, 6.07) is 12.0. The molecule has 1 fully saturated rings. The van der Waals surface area contributed by atoms with Crippen molar-refractivity contribution in [2.24, 2.45) is 5.92 Å². The topological polar surface area (TPSA) is 66.9 Å². The van der Waals surface area contributed by atoms with Gasteiger partial charge < -0.3 is 9.64 Å². The Hall–Kier alpha value is -1.61. The molecule has 2 aliphatic rings. The zero-order valence-corrected chi connectivity index (χ0v) is 18.7.